The Hall–Kier alpha value is -5.15. The summed E-state index contributed by atoms with van der Waals surface area (Å²) in [6, 6.07) is 28.8. The van der Waals surface area contributed by atoms with Crippen molar-refractivity contribution in [1.29, 1.82) is 0 Å². The van der Waals surface area contributed by atoms with E-state index in [9.17, 15) is 23.2 Å². The Balaban J connectivity index is 1.62. The molecule has 0 aliphatic carbocycles. The van der Waals surface area contributed by atoms with Gasteiger partial charge in [0.1, 0.15) is 12.1 Å². The van der Waals surface area contributed by atoms with E-state index < -0.39 is 35.5 Å². The number of halogens is 2. The molecule has 4 rings (SSSR count). The Labute approximate surface area is 300 Å². The van der Waals surface area contributed by atoms with Crippen LogP contribution in [-0.4, -0.2) is 72.8 Å². The molecular formula is C42H48F2N4O3. The van der Waals surface area contributed by atoms with Crippen LogP contribution in [0.15, 0.2) is 115 Å². The van der Waals surface area contributed by atoms with E-state index in [1.165, 1.54) is 29.0 Å². The summed E-state index contributed by atoms with van der Waals surface area (Å²) in [5.74, 6) is -3.32. The van der Waals surface area contributed by atoms with Crippen LogP contribution in [-0.2, 0) is 33.6 Å². The van der Waals surface area contributed by atoms with Gasteiger partial charge in [0.15, 0.2) is 11.6 Å². The quantitative estimate of drug-likeness (QED) is 0.134. The van der Waals surface area contributed by atoms with Crippen LogP contribution in [0.25, 0.3) is 11.1 Å². The van der Waals surface area contributed by atoms with Crippen LogP contribution in [0.4, 0.5) is 8.78 Å². The molecule has 0 unspecified atom stereocenters. The zero-order valence-electron chi connectivity index (χ0n) is 30.0. The molecule has 0 fully saturated rings. The summed E-state index contributed by atoms with van der Waals surface area (Å²) >= 11 is 0. The van der Waals surface area contributed by atoms with E-state index in [1.807, 2.05) is 106 Å². The van der Waals surface area contributed by atoms with Crippen molar-refractivity contribution in [3.05, 3.63) is 144 Å². The third kappa shape index (κ3) is 11.2. The largest absolute Gasteiger partial charge is 0.354 e. The lowest BCUT2D eigenvalue weighted by atomic mass is 9.98. The zero-order chi connectivity index (χ0) is 37.0. The second-order valence-corrected chi connectivity index (χ2v) is 13.4. The van der Waals surface area contributed by atoms with Gasteiger partial charge in [0.2, 0.25) is 17.7 Å². The molecule has 0 radical (unpaired) electrons. The Kier molecular flexibility index (Phi) is 13.8. The van der Waals surface area contributed by atoms with Gasteiger partial charge in [-0.1, -0.05) is 97.1 Å². The highest BCUT2D eigenvalue weighted by atomic mass is 19.2. The average Bonchev–Trinajstić information content (AvgIpc) is 3.14. The van der Waals surface area contributed by atoms with Crippen molar-refractivity contribution in [3.63, 3.8) is 0 Å². The first-order chi connectivity index (χ1) is 24.4. The van der Waals surface area contributed by atoms with Gasteiger partial charge in [-0.2, -0.15) is 0 Å². The highest BCUT2D eigenvalue weighted by Crippen LogP contribution is 2.22. The number of benzene rings is 4. The molecule has 0 aliphatic rings. The molecule has 9 heteroatoms. The minimum absolute atomic E-state index is 0.0637. The lowest BCUT2D eigenvalue weighted by Crippen LogP contribution is -2.56. The third-order valence-electron chi connectivity index (χ3n) is 9.24. The molecular weight excluding hydrogens is 646 g/mol. The molecule has 2 N–H and O–H groups in total. The van der Waals surface area contributed by atoms with Crippen molar-refractivity contribution in [1.82, 2.24) is 20.4 Å². The summed E-state index contributed by atoms with van der Waals surface area (Å²) in [6.07, 6.45) is 4.52. The summed E-state index contributed by atoms with van der Waals surface area (Å²) in [4.78, 5) is 44.5. The number of rotatable bonds is 16. The number of likely N-dealkylation sites (N-methyl/N-ethyl adjacent to an activating group) is 2. The first-order valence-corrected chi connectivity index (χ1v) is 17.2. The number of hydrogen-bond donors (Lipinski definition) is 2. The van der Waals surface area contributed by atoms with Gasteiger partial charge < -0.3 is 20.4 Å². The second-order valence-electron chi connectivity index (χ2n) is 13.4. The molecule has 0 aliphatic heterocycles. The number of carbonyl (C=O) groups is 3. The Bertz CT molecular complexity index is 1780. The predicted molar refractivity (Wildman–Crippen MR) is 199 cm³/mol. The molecule has 4 aromatic carbocycles. The number of nitrogens with one attached hydrogen (secondary N) is 2. The van der Waals surface area contributed by atoms with Crippen LogP contribution < -0.4 is 10.6 Å². The fraction of sp³-hybridized carbons (Fsp3) is 0.310. The van der Waals surface area contributed by atoms with Crippen molar-refractivity contribution < 1.29 is 23.2 Å². The fourth-order valence-corrected chi connectivity index (χ4v) is 5.68. The van der Waals surface area contributed by atoms with Crippen LogP contribution >= 0.6 is 0 Å². The van der Waals surface area contributed by atoms with Gasteiger partial charge >= 0.3 is 0 Å². The molecule has 0 heterocycles. The smallest absolute Gasteiger partial charge is 0.246 e. The molecule has 0 spiro atoms. The normalized spacial score (nSPS) is 12.7. The van der Waals surface area contributed by atoms with Gasteiger partial charge in [-0.15, -0.1) is 0 Å². The molecule has 0 aromatic heterocycles. The summed E-state index contributed by atoms with van der Waals surface area (Å²) in [5, 5.41) is 6.13. The Morgan fingerprint density at radius 3 is 1.94 bits per heavy atom. The van der Waals surface area contributed by atoms with Crippen molar-refractivity contribution in [2.75, 3.05) is 27.7 Å². The van der Waals surface area contributed by atoms with E-state index in [-0.39, 0.29) is 24.3 Å². The van der Waals surface area contributed by atoms with E-state index >= 15 is 0 Å². The number of amides is 3. The van der Waals surface area contributed by atoms with Gasteiger partial charge in [-0.05, 0) is 79.8 Å². The van der Waals surface area contributed by atoms with E-state index in [4.69, 9.17) is 0 Å². The van der Waals surface area contributed by atoms with Crippen LogP contribution in [0.1, 0.15) is 37.0 Å². The maximum Gasteiger partial charge on any atom is 0.246 e. The minimum Gasteiger partial charge on any atom is -0.354 e. The standard InChI is InChI=1S/C42H48F2N4O3/c1-42(2,45-3)25-12-17-39(49)47(4)38(28-31-18-21-34(22-19-31)33-15-10-7-11-16-33)41(51)48(5)37(29-32-20-23-35(43)36(44)27-32)40(50)46-26-24-30-13-8-6-9-14-30/h6-23,27,37-38,45H,24-26,28-29H2,1-5H3,(H,46,50)/b17-12+/t37-,38-/m1/s1. The summed E-state index contributed by atoms with van der Waals surface area (Å²) < 4.78 is 28.1. The maximum absolute atomic E-state index is 14.5. The Morgan fingerprint density at radius 1 is 0.725 bits per heavy atom. The van der Waals surface area contributed by atoms with E-state index in [1.54, 1.807) is 13.1 Å². The van der Waals surface area contributed by atoms with E-state index in [2.05, 4.69) is 10.6 Å². The monoisotopic (exact) mass is 694 g/mol. The average molecular weight is 695 g/mol. The first-order valence-electron chi connectivity index (χ1n) is 17.2. The van der Waals surface area contributed by atoms with Gasteiger partial charge in [0.05, 0.1) is 0 Å². The SMILES string of the molecule is CNC(C)(C)C/C=C/C(=O)N(C)[C@H](Cc1ccc(-c2ccccc2)cc1)C(=O)N(C)[C@H](Cc1ccc(F)c(F)c1)C(=O)NCCc1ccccc1. The van der Waals surface area contributed by atoms with Crippen LogP contribution in [0, 0.1) is 11.6 Å². The zero-order valence-corrected chi connectivity index (χ0v) is 30.0. The lowest BCUT2D eigenvalue weighted by molar-refractivity contribution is -0.146. The number of carbonyl (C=O) groups excluding carboxylic acids is 3. The van der Waals surface area contributed by atoms with Crippen LogP contribution in [0.5, 0.6) is 0 Å². The highest BCUT2D eigenvalue weighted by molar-refractivity contribution is 5.95. The molecule has 2 atom stereocenters. The molecule has 3 amide bonds. The molecule has 268 valence electrons. The molecule has 0 saturated carbocycles. The molecule has 4 aromatic rings. The number of hydrogen-bond acceptors (Lipinski definition) is 4. The predicted octanol–water partition coefficient (Wildman–Crippen LogP) is 6.37. The molecule has 51 heavy (non-hydrogen) atoms. The van der Waals surface area contributed by atoms with E-state index in [0.717, 1.165) is 34.4 Å². The van der Waals surface area contributed by atoms with Crippen LogP contribution in [0.3, 0.4) is 0 Å². The maximum atomic E-state index is 14.5. The van der Waals surface area contributed by atoms with Gasteiger partial charge in [0, 0.05) is 39.0 Å². The van der Waals surface area contributed by atoms with Crippen molar-refractivity contribution in [2.24, 2.45) is 0 Å². The Morgan fingerprint density at radius 2 is 1.31 bits per heavy atom. The molecule has 7 nitrogen and oxygen atoms in total. The van der Waals surface area contributed by atoms with Crippen molar-refractivity contribution in [3.8, 4) is 11.1 Å². The lowest BCUT2D eigenvalue weighted by Gasteiger charge is -2.34. The molecule has 0 bridgehead atoms. The van der Waals surface area contributed by atoms with Crippen LogP contribution in [0.2, 0.25) is 0 Å². The van der Waals surface area contributed by atoms with Crippen molar-refractivity contribution in [2.45, 2.75) is 57.2 Å². The van der Waals surface area contributed by atoms with Gasteiger partial charge in [-0.25, -0.2) is 8.78 Å². The first kappa shape index (κ1) is 38.6. The summed E-state index contributed by atoms with van der Waals surface area (Å²) in [7, 11) is 4.94. The summed E-state index contributed by atoms with van der Waals surface area (Å²) in [6.45, 7) is 4.34. The highest BCUT2D eigenvalue weighted by Gasteiger charge is 2.35. The van der Waals surface area contributed by atoms with E-state index in [0.29, 0.717) is 24.9 Å². The molecule has 0 saturated heterocycles. The fourth-order valence-electron chi connectivity index (χ4n) is 5.68. The number of nitrogens with zero attached hydrogens (tertiary/aromatic N) is 2. The van der Waals surface area contributed by atoms with Gasteiger partial charge in [-0.3, -0.25) is 14.4 Å². The topological polar surface area (TPSA) is 81.8 Å². The minimum atomic E-state index is -1.07. The third-order valence-corrected chi connectivity index (χ3v) is 9.24. The van der Waals surface area contributed by atoms with Gasteiger partial charge in [0.25, 0.3) is 0 Å². The second kappa shape index (κ2) is 18.2. The summed E-state index contributed by atoms with van der Waals surface area (Å²) in [5.41, 5.74) is 4.04. The van der Waals surface area contributed by atoms with Crippen molar-refractivity contribution >= 4 is 17.7 Å².